The van der Waals surface area contributed by atoms with Gasteiger partial charge in [0.2, 0.25) is 0 Å². The predicted molar refractivity (Wildman–Crippen MR) is 112 cm³/mol. The van der Waals surface area contributed by atoms with Gasteiger partial charge in [0.1, 0.15) is 5.82 Å². The van der Waals surface area contributed by atoms with Crippen LogP contribution in [-0.4, -0.2) is 16.9 Å². The Balaban J connectivity index is 1.71. The number of aromatic nitrogens is 1. The highest BCUT2D eigenvalue weighted by atomic mass is 35.5. The van der Waals surface area contributed by atoms with E-state index < -0.39 is 11.9 Å². The van der Waals surface area contributed by atoms with E-state index in [0.29, 0.717) is 5.82 Å². The number of imide groups is 1. The van der Waals surface area contributed by atoms with E-state index in [-0.39, 0.29) is 15.6 Å². The number of urea groups is 1. The van der Waals surface area contributed by atoms with E-state index in [1.807, 2.05) is 38.1 Å². The van der Waals surface area contributed by atoms with E-state index in [0.717, 1.165) is 16.7 Å². The lowest BCUT2D eigenvalue weighted by Crippen LogP contribution is -2.34. The van der Waals surface area contributed by atoms with E-state index in [9.17, 15) is 9.59 Å². The molecule has 0 fully saturated rings. The zero-order valence-corrected chi connectivity index (χ0v) is 16.7. The van der Waals surface area contributed by atoms with Crippen molar-refractivity contribution in [3.63, 3.8) is 0 Å². The van der Waals surface area contributed by atoms with Crippen LogP contribution in [0.5, 0.6) is 0 Å². The number of carbonyl (C=O) groups excluding carboxylic acids is 2. The standard InChI is InChI=1S/C21H17Cl2N3O2/c1-12-6-8-14(9-7-12)15-11-24-18(10-13(15)2)25-21(28)26-20(27)19-16(22)4-3-5-17(19)23/h3-11H,1-2H3,(H2,24,25,26,27,28). The molecule has 0 radical (unpaired) electrons. The number of nitrogens with one attached hydrogen (secondary N) is 2. The molecule has 2 N–H and O–H groups in total. The summed E-state index contributed by atoms with van der Waals surface area (Å²) in [4.78, 5) is 28.7. The summed E-state index contributed by atoms with van der Waals surface area (Å²) in [5.41, 5.74) is 4.15. The Labute approximate surface area is 172 Å². The minimum absolute atomic E-state index is 0.0415. The van der Waals surface area contributed by atoms with Gasteiger partial charge in [0.25, 0.3) is 5.91 Å². The van der Waals surface area contributed by atoms with Crippen molar-refractivity contribution in [1.29, 1.82) is 0 Å². The zero-order valence-electron chi connectivity index (χ0n) is 15.2. The number of benzene rings is 2. The molecule has 0 aliphatic rings. The maximum Gasteiger partial charge on any atom is 0.327 e. The van der Waals surface area contributed by atoms with Crippen LogP contribution >= 0.6 is 23.2 Å². The van der Waals surface area contributed by atoms with Crippen molar-refractivity contribution in [3.05, 3.63) is 81.5 Å². The quantitative estimate of drug-likeness (QED) is 0.583. The summed E-state index contributed by atoms with van der Waals surface area (Å²) in [6.45, 7) is 3.95. The van der Waals surface area contributed by atoms with Crippen molar-refractivity contribution >= 4 is 41.0 Å². The lowest BCUT2D eigenvalue weighted by Gasteiger charge is -2.11. The third kappa shape index (κ3) is 4.50. The number of pyridine rings is 1. The van der Waals surface area contributed by atoms with Gasteiger partial charge in [-0.25, -0.2) is 9.78 Å². The van der Waals surface area contributed by atoms with Crippen LogP contribution in [-0.2, 0) is 0 Å². The molecule has 0 atom stereocenters. The smallest absolute Gasteiger partial charge is 0.292 e. The van der Waals surface area contributed by atoms with Crippen molar-refractivity contribution in [3.8, 4) is 11.1 Å². The first-order valence-electron chi connectivity index (χ1n) is 8.45. The third-order valence-corrected chi connectivity index (χ3v) is 4.76. The van der Waals surface area contributed by atoms with E-state index >= 15 is 0 Å². The first-order chi connectivity index (χ1) is 13.3. The first kappa shape index (κ1) is 19.9. The summed E-state index contributed by atoms with van der Waals surface area (Å²) in [5.74, 6) is -0.370. The molecule has 28 heavy (non-hydrogen) atoms. The molecule has 2 aromatic carbocycles. The zero-order chi connectivity index (χ0) is 20.3. The molecule has 5 nitrogen and oxygen atoms in total. The van der Waals surface area contributed by atoms with E-state index in [2.05, 4.69) is 15.6 Å². The molecule has 1 heterocycles. The summed E-state index contributed by atoms with van der Waals surface area (Å²) in [7, 11) is 0. The fourth-order valence-corrected chi connectivity index (χ4v) is 3.26. The van der Waals surface area contributed by atoms with Crippen molar-refractivity contribution in [2.75, 3.05) is 5.32 Å². The van der Waals surface area contributed by atoms with Crippen LogP contribution in [0.25, 0.3) is 11.1 Å². The van der Waals surface area contributed by atoms with Gasteiger partial charge in [-0.15, -0.1) is 0 Å². The summed E-state index contributed by atoms with van der Waals surface area (Å²) < 4.78 is 0. The number of nitrogens with zero attached hydrogens (tertiary/aromatic N) is 1. The number of amides is 3. The maximum absolute atomic E-state index is 12.3. The maximum atomic E-state index is 12.3. The van der Waals surface area contributed by atoms with Gasteiger partial charge in [-0.2, -0.15) is 0 Å². The highest BCUT2D eigenvalue weighted by Crippen LogP contribution is 2.25. The lowest BCUT2D eigenvalue weighted by atomic mass is 10.0. The van der Waals surface area contributed by atoms with Crippen LogP contribution in [0.1, 0.15) is 21.5 Å². The molecule has 0 aliphatic carbocycles. The van der Waals surface area contributed by atoms with Gasteiger partial charge in [-0.3, -0.25) is 15.4 Å². The fraction of sp³-hybridized carbons (Fsp3) is 0.0952. The number of aryl methyl sites for hydroxylation is 2. The average molecular weight is 414 g/mol. The van der Waals surface area contributed by atoms with Gasteiger partial charge < -0.3 is 0 Å². The Morgan fingerprint density at radius 1 is 0.964 bits per heavy atom. The lowest BCUT2D eigenvalue weighted by molar-refractivity contribution is 0.0967. The Kier molecular flexibility index (Phi) is 5.97. The van der Waals surface area contributed by atoms with Crippen LogP contribution in [0.15, 0.2) is 54.7 Å². The molecular weight excluding hydrogens is 397 g/mol. The number of hydrogen-bond acceptors (Lipinski definition) is 3. The van der Waals surface area contributed by atoms with Crippen LogP contribution in [0.4, 0.5) is 10.6 Å². The van der Waals surface area contributed by atoms with E-state index in [4.69, 9.17) is 23.2 Å². The molecule has 3 aromatic rings. The number of anilines is 1. The Bertz CT molecular complexity index is 1030. The minimum atomic E-state index is -0.726. The second-order valence-electron chi connectivity index (χ2n) is 6.26. The second-order valence-corrected chi connectivity index (χ2v) is 7.07. The third-order valence-electron chi connectivity index (χ3n) is 4.13. The first-order valence-corrected chi connectivity index (χ1v) is 9.21. The van der Waals surface area contributed by atoms with Gasteiger partial charge >= 0.3 is 6.03 Å². The highest BCUT2D eigenvalue weighted by Gasteiger charge is 2.17. The Morgan fingerprint density at radius 3 is 2.21 bits per heavy atom. The topological polar surface area (TPSA) is 71.1 Å². The average Bonchev–Trinajstić information content (AvgIpc) is 2.62. The molecule has 3 amide bonds. The number of rotatable bonds is 3. The van der Waals surface area contributed by atoms with Crippen LogP contribution in [0.3, 0.4) is 0 Å². The normalized spacial score (nSPS) is 10.4. The van der Waals surface area contributed by atoms with Gasteiger partial charge in [0.05, 0.1) is 15.6 Å². The molecule has 142 valence electrons. The molecule has 0 spiro atoms. The van der Waals surface area contributed by atoms with Crippen LogP contribution < -0.4 is 10.6 Å². The van der Waals surface area contributed by atoms with Crippen molar-refractivity contribution in [2.45, 2.75) is 13.8 Å². The Morgan fingerprint density at radius 2 is 1.61 bits per heavy atom. The number of halogens is 2. The molecule has 0 saturated heterocycles. The molecule has 7 heteroatoms. The number of carbonyl (C=O) groups is 2. The summed E-state index contributed by atoms with van der Waals surface area (Å²) in [5, 5.41) is 5.07. The van der Waals surface area contributed by atoms with Crippen LogP contribution in [0, 0.1) is 13.8 Å². The summed E-state index contributed by atoms with van der Waals surface area (Å²) >= 11 is 12.0. The monoisotopic (exact) mass is 413 g/mol. The van der Waals surface area contributed by atoms with Crippen molar-refractivity contribution in [1.82, 2.24) is 10.3 Å². The fourth-order valence-electron chi connectivity index (χ4n) is 2.69. The molecule has 0 saturated carbocycles. The molecular formula is C21H17Cl2N3O2. The van der Waals surface area contributed by atoms with E-state index in [1.54, 1.807) is 18.3 Å². The van der Waals surface area contributed by atoms with Gasteiger partial charge in [-0.1, -0.05) is 59.1 Å². The van der Waals surface area contributed by atoms with Crippen molar-refractivity contribution in [2.24, 2.45) is 0 Å². The van der Waals surface area contributed by atoms with Gasteiger partial charge in [-0.05, 0) is 43.2 Å². The molecule has 1 aromatic heterocycles. The SMILES string of the molecule is Cc1ccc(-c2cnc(NC(=O)NC(=O)c3c(Cl)cccc3Cl)cc2C)cc1. The molecule has 0 bridgehead atoms. The number of hydrogen-bond donors (Lipinski definition) is 2. The minimum Gasteiger partial charge on any atom is -0.292 e. The Hall–Kier alpha value is -2.89. The predicted octanol–water partition coefficient (Wildman–Crippen LogP) is 5.63. The molecule has 0 unspecified atom stereocenters. The van der Waals surface area contributed by atoms with Crippen LogP contribution in [0.2, 0.25) is 10.0 Å². The molecule has 0 aliphatic heterocycles. The highest BCUT2D eigenvalue weighted by molar-refractivity contribution is 6.40. The summed E-state index contributed by atoms with van der Waals surface area (Å²) in [6.07, 6.45) is 1.68. The van der Waals surface area contributed by atoms with Gasteiger partial charge in [0, 0.05) is 11.8 Å². The van der Waals surface area contributed by atoms with E-state index in [1.165, 1.54) is 17.7 Å². The largest absolute Gasteiger partial charge is 0.327 e. The van der Waals surface area contributed by atoms with Crippen molar-refractivity contribution < 1.29 is 9.59 Å². The molecule has 3 rings (SSSR count). The second kappa shape index (κ2) is 8.42. The summed E-state index contributed by atoms with van der Waals surface area (Å²) in [6, 6.07) is 13.8. The van der Waals surface area contributed by atoms with Gasteiger partial charge in [0.15, 0.2) is 0 Å².